The van der Waals surface area contributed by atoms with Crippen LogP contribution in [0.25, 0.3) is 11.1 Å². The number of benzene rings is 1. The molecule has 0 unspecified atom stereocenters. The number of fused-ring (bicyclic) bond motifs is 3. The number of carbonyl (C=O) groups is 2. The number of carbonyl (C=O) groups excluding carboxylic acids is 2. The number of aliphatic hydroxyl groups is 1. The van der Waals surface area contributed by atoms with Crippen LogP contribution in [0.1, 0.15) is 37.9 Å². The van der Waals surface area contributed by atoms with Crippen molar-refractivity contribution in [1.29, 1.82) is 0 Å². The number of pyridine rings is 1. The molecule has 168 valence electrons. The van der Waals surface area contributed by atoms with Crippen molar-refractivity contribution in [2.45, 2.75) is 44.8 Å². The molecule has 2 aliphatic heterocycles. The van der Waals surface area contributed by atoms with Crippen molar-refractivity contribution in [2.24, 2.45) is 17.8 Å². The lowest BCUT2D eigenvalue weighted by Gasteiger charge is -2.31. The molecule has 32 heavy (non-hydrogen) atoms. The molecule has 7 nitrogen and oxygen atoms in total. The Morgan fingerprint density at radius 1 is 1.12 bits per heavy atom. The Morgan fingerprint density at radius 2 is 1.88 bits per heavy atom. The smallest absolute Gasteiger partial charge is 0.258 e. The molecule has 1 aliphatic carbocycles. The molecule has 1 aromatic carbocycles. The molecule has 2 fully saturated rings. The first kappa shape index (κ1) is 20.9. The van der Waals surface area contributed by atoms with E-state index in [4.69, 9.17) is 0 Å². The third-order valence-corrected chi connectivity index (χ3v) is 7.16. The molecule has 3 aliphatic rings. The molecule has 3 heterocycles. The topological polar surface area (TPSA) is 91.6 Å². The van der Waals surface area contributed by atoms with E-state index >= 15 is 0 Å². The molecule has 1 saturated heterocycles. The quantitative estimate of drug-likeness (QED) is 0.726. The third kappa shape index (κ3) is 3.26. The predicted octanol–water partition coefficient (Wildman–Crippen LogP) is 1.94. The number of likely N-dealkylation sites (tertiary alicyclic amines) is 1. The standard InChI is InChI=1S/C25H29N3O4/c1-2-12-26-23(30)22-19(14-29)18-13-27-20(21(18)28(22)24(31)16-8-9-16)11-10-17(25(27)32)15-6-4-3-5-7-15/h3-7,10-11,16,18-19,21-22,29H,2,8-9,12-14H2,1H3,(H,26,30)/t18-,19-,21+,22-/m1/s1. The molecule has 4 atom stereocenters. The highest BCUT2D eigenvalue weighted by molar-refractivity contribution is 5.91. The van der Waals surface area contributed by atoms with Crippen molar-refractivity contribution in [3.05, 3.63) is 58.5 Å². The van der Waals surface area contributed by atoms with Crippen LogP contribution in [0.5, 0.6) is 0 Å². The van der Waals surface area contributed by atoms with E-state index in [1.807, 2.05) is 49.4 Å². The lowest BCUT2D eigenvalue weighted by atomic mass is 9.88. The van der Waals surface area contributed by atoms with Gasteiger partial charge in [-0.1, -0.05) is 37.3 Å². The van der Waals surface area contributed by atoms with Crippen LogP contribution in [-0.4, -0.2) is 45.6 Å². The lowest BCUT2D eigenvalue weighted by molar-refractivity contribution is -0.142. The number of nitrogens with one attached hydrogen (secondary N) is 1. The molecule has 2 N–H and O–H groups in total. The van der Waals surface area contributed by atoms with E-state index in [1.165, 1.54) is 0 Å². The summed E-state index contributed by atoms with van der Waals surface area (Å²) in [6.07, 6.45) is 2.46. The van der Waals surface area contributed by atoms with Crippen LogP contribution in [0.2, 0.25) is 0 Å². The summed E-state index contributed by atoms with van der Waals surface area (Å²) in [5, 5.41) is 13.2. The van der Waals surface area contributed by atoms with Gasteiger partial charge in [0.2, 0.25) is 11.8 Å². The minimum Gasteiger partial charge on any atom is -0.396 e. The highest BCUT2D eigenvalue weighted by atomic mass is 16.3. The van der Waals surface area contributed by atoms with E-state index in [2.05, 4.69) is 5.32 Å². The lowest BCUT2D eigenvalue weighted by Crippen LogP contribution is -2.51. The number of hydrogen-bond acceptors (Lipinski definition) is 4. The maximum absolute atomic E-state index is 13.4. The van der Waals surface area contributed by atoms with Crippen molar-refractivity contribution in [2.75, 3.05) is 13.2 Å². The van der Waals surface area contributed by atoms with Gasteiger partial charge in [0.15, 0.2) is 0 Å². The average Bonchev–Trinajstić information content (AvgIpc) is 3.52. The van der Waals surface area contributed by atoms with E-state index in [-0.39, 0.29) is 41.9 Å². The number of rotatable bonds is 6. The third-order valence-electron chi connectivity index (χ3n) is 7.16. The van der Waals surface area contributed by atoms with Crippen molar-refractivity contribution < 1.29 is 14.7 Å². The van der Waals surface area contributed by atoms with Gasteiger partial charge in [-0.05, 0) is 37.0 Å². The Morgan fingerprint density at radius 3 is 2.53 bits per heavy atom. The summed E-state index contributed by atoms with van der Waals surface area (Å²) in [5.41, 5.74) is 2.14. The largest absolute Gasteiger partial charge is 0.396 e. The number of nitrogens with zero attached hydrogens (tertiary/aromatic N) is 2. The van der Waals surface area contributed by atoms with Crippen LogP contribution in [0.3, 0.4) is 0 Å². The van der Waals surface area contributed by atoms with Gasteiger partial charge in [0, 0.05) is 48.7 Å². The number of hydrogen-bond donors (Lipinski definition) is 2. The van der Waals surface area contributed by atoms with Gasteiger partial charge in [-0.2, -0.15) is 0 Å². The summed E-state index contributed by atoms with van der Waals surface area (Å²) >= 11 is 0. The molecule has 0 spiro atoms. The molecule has 0 radical (unpaired) electrons. The summed E-state index contributed by atoms with van der Waals surface area (Å²) in [5.74, 6) is -0.860. The minimum absolute atomic E-state index is 0.0272. The molecule has 7 heteroatoms. The van der Waals surface area contributed by atoms with Gasteiger partial charge in [-0.3, -0.25) is 14.4 Å². The van der Waals surface area contributed by atoms with Gasteiger partial charge in [-0.15, -0.1) is 0 Å². The van der Waals surface area contributed by atoms with Crippen LogP contribution >= 0.6 is 0 Å². The van der Waals surface area contributed by atoms with Crippen LogP contribution in [0, 0.1) is 17.8 Å². The Balaban J connectivity index is 1.57. The van der Waals surface area contributed by atoms with E-state index in [9.17, 15) is 19.5 Å². The van der Waals surface area contributed by atoms with Gasteiger partial charge < -0.3 is 19.9 Å². The van der Waals surface area contributed by atoms with Crippen molar-refractivity contribution in [3.63, 3.8) is 0 Å². The maximum atomic E-state index is 13.4. The number of amides is 2. The molecule has 5 rings (SSSR count). The number of aromatic nitrogens is 1. The highest BCUT2D eigenvalue weighted by Crippen LogP contribution is 2.51. The van der Waals surface area contributed by atoms with E-state index in [0.29, 0.717) is 18.7 Å². The second-order valence-corrected chi connectivity index (χ2v) is 9.16. The second kappa shape index (κ2) is 8.20. The Labute approximate surface area is 187 Å². The van der Waals surface area contributed by atoms with E-state index in [0.717, 1.165) is 30.5 Å². The zero-order valence-corrected chi connectivity index (χ0v) is 18.2. The predicted molar refractivity (Wildman–Crippen MR) is 120 cm³/mol. The molecule has 0 bridgehead atoms. The summed E-state index contributed by atoms with van der Waals surface area (Å²) in [7, 11) is 0. The van der Waals surface area contributed by atoms with E-state index in [1.54, 1.807) is 9.47 Å². The van der Waals surface area contributed by atoms with Crippen molar-refractivity contribution in [3.8, 4) is 11.1 Å². The summed E-state index contributed by atoms with van der Waals surface area (Å²) in [6, 6.07) is 12.2. The summed E-state index contributed by atoms with van der Waals surface area (Å²) in [6.45, 7) is 2.71. The van der Waals surface area contributed by atoms with Gasteiger partial charge in [0.05, 0.1) is 6.04 Å². The first-order valence-corrected chi connectivity index (χ1v) is 11.6. The average molecular weight is 436 g/mol. The minimum atomic E-state index is -0.702. The monoisotopic (exact) mass is 435 g/mol. The Bertz CT molecular complexity index is 1090. The molecular formula is C25H29N3O4. The first-order chi connectivity index (χ1) is 15.6. The fourth-order valence-electron chi connectivity index (χ4n) is 5.46. The molecular weight excluding hydrogens is 406 g/mol. The van der Waals surface area contributed by atoms with Crippen molar-refractivity contribution in [1.82, 2.24) is 14.8 Å². The normalized spacial score (nSPS) is 26.0. The second-order valence-electron chi connectivity index (χ2n) is 9.16. The molecule has 1 saturated carbocycles. The van der Waals surface area contributed by atoms with E-state index < -0.39 is 12.0 Å². The van der Waals surface area contributed by atoms with Gasteiger partial charge in [0.25, 0.3) is 5.56 Å². The summed E-state index contributed by atoms with van der Waals surface area (Å²) in [4.78, 5) is 41.5. The van der Waals surface area contributed by atoms with Crippen LogP contribution in [-0.2, 0) is 16.1 Å². The Kier molecular flexibility index (Phi) is 5.37. The fraction of sp³-hybridized carbons (Fsp3) is 0.480. The zero-order valence-electron chi connectivity index (χ0n) is 18.2. The van der Waals surface area contributed by atoms with Crippen LogP contribution < -0.4 is 10.9 Å². The fourth-order valence-corrected chi connectivity index (χ4v) is 5.46. The van der Waals surface area contributed by atoms with Gasteiger partial charge in [0.1, 0.15) is 6.04 Å². The van der Waals surface area contributed by atoms with Crippen LogP contribution in [0.4, 0.5) is 0 Å². The molecule has 1 aromatic heterocycles. The maximum Gasteiger partial charge on any atom is 0.258 e. The highest BCUT2D eigenvalue weighted by Gasteiger charge is 2.58. The van der Waals surface area contributed by atoms with Crippen molar-refractivity contribution >= 4 is 11.8 Å². The molecule has 2 amide bonds. The number of aliphatic hydroxyl groups excluding tert-OH is 1. The zero-order chi connectivity index (χ0) is 22.4. The van der Waals surface area contributed by atoms with Gasteiger partial charge in [-0.25, -0.2) is 0 Å². The van der Waals surface area contributed by atoms with Crippen LogP contribution in [0.15, 0.2) is 47.3 Å². The first-order valence-electron chi connectivity index (χ1n) is 11.6. The molecule has 2 aromatic rings. The SMILES string of the molecule is CCCNC(=O)[C@H]1[C@H](CO)[C@H]2Cn3c(ccc(-c4ccccc4)c3=O)[C@H]2N1C(=O)C1CC1. The Hall–Kier alpha value is -2.93. The van der Waals surface area contributed by atoms with Gasteiger partial charge >= 0.3 is 0 Å². The summed E-state index contributed by atoms with van der Waals surface area (Å²) < 4.78 is 1.74.